The third-order valence-corrected chi connectivity index (χ3v) is 3.66. The van der Waals surface area contributed by atoms with Gasteiger partial charge >= 0.3 is 0 Å². The first kappa shape index (κ1) is 12.5. The Bertz CT molecular complexity index is 376. The highest BCUT2D eigenvalue weighted by atomic mass is 19.1. The highest BCUT2D eigenvalue weighted by Crippen LogP contribution is 2.35. The van der Waals surface area contributed by atoms with Crippen LogP contribution in [0.1, 0.15) is 37.8 Å². The van der Waals surface area contributed by atoms with Gasteiger partial charge in [0.25, 0.3) is 0 Å². The van der Waals surface area contributed by atoms with Crippen LogP contribution in [0.5, 0.6) is 0 Å². The lowest BCUT2D eigenvalue weighted by atomic mass is 9.96. The number of hydrogen-bond donors (Lipinski definition) is 1. The second-order valence-corrected chi connectivity index (χ2v) is 4.94. The lowest BCUT2D eigenvalue weighted by Gasteiger charge is -2.33. The van der Waals surface area contributed by atoms with Gasteiger partial charge in [-0.1, -0.05) is 25.1 Å². The average molecular weight is 236 g/mol. The van der Waals surface area contributed by atoms with Crippen molar-refractivity contribution in [3.05, 3.63) is 35.6 Å². The Morgan fingerprint density at radius 2 is 2.06 bits per heavy atom. The van der Waals surface area contributed by atoms with E-state index in [1.54, 1.807) is 6.07 Å². The van der Waals surface area contributed by atoms with Crippen LogP contribution in [0.15, 0.2) is 24.3 Å². The Hall–Kier alpha value is -0.930. The van der Waals surface area contributed by atoms with Crippen LogP contribution < -0.4 is 5.73 Å². The van der Waals surface area contributed by atoms with Crippen LogP contribution in [0.4, 0.5) is 4.39 Å². The molecule has 17 heavy (non-hydrogen) atoms. The van der Waals surface area contributed by atoms with Gasteiger partial charge in [-0.25, -0.2) is 4.39 Å². The van der Waals surface area contributed by atoms with Crippen molar-refractivity contribution in [2.24, 2.45) is 5.73 Å². The molecule has 0 heterocycles. The minimum absolute atomic E-state index is 0.00583. The van der Waals surface area contributed by atoms with Crippen LogP contribution in [0, 0.1) is 5.82 Å². The molecule has 0 aliphatic heterocycles. The molecule has 94 valence electrons. The van der Waals surface area contributed by atoms with Crippen LogP contribution in [-0.2, 0) is 0 Å². The minimum Gasteiger partial charge on any atom is -0.326 e. The zero-order valence-corrected chi connectivity index (χ0v) is 10.6. The Balaban J connectivity index is 2.29. The van der Waals surface area contributed by atoms with Crippen molar-refractivity contribution in [3.63, 3.8) is 0 Å². The second kappa shape index (κ2) is 5.15. The van der Waals surface area contributed by atoms with Gasteiger partial charge in [-0.2, -0.15) is 0 Å². The summed E-state index contributed by atoms with van der Waals surface area (Å²) in [4.78, 5) is 2.24. The van der Waals surface area contributed by atoms with Crippen LogP contribution in [-0.4, -0.2) is 24.0 Å². The van der Waals surface area contributed by atoms with E-state index in [1.165, 1.54) is 18.9 Å². The number of rotatable bonds is 5. The van der Waals surface area contributed by atoms with E-state index in [0.29, 0.717) is 6.04 Å². The molecule has 2 nitrogen and oxygen atoms in total. The Morgan fingerprint density at radius 3 is 2.59 bits per heavy atom. The molecule has 3 heteroatoms. The van der Waals surface area contributed by atoms with Gasteiger partial charge in [-0.15, -0.1) is 0 Å². The molecule has 1 fully saturated rings. The third-order valence-electron chi connectivity index (χ3n) is 3.66. The molecule has 1 aromatic rings. The summed E-state index contributed by atoms with van der Waals surface area (Å²) >= 11 is 0. The first-order chi connectivity index (χ1) is 8.15. The Kier molecular flexibility index (Phi) is 3.79. The van der Waals surface area contributed by atoms with Crippen LogP contribution in [0.25, 0.3) is 0 Å². The highest BCUT2D eigenvalue weighted by molar-refractivity contribution is 5.23. The van der Waals surface area contributed by atoms with E-state index in [9.17, 15) is 4.39 Å². The van der Waals surface area contributed by atoms with Crippen molar-refractivity contribution >= 4 is 0 Å². The topological polar surface area (TPSA) is 29.3 Å². The predicted octanol–water partition coefficient (Wildman–Crippen LogP) is 2.70. The van der Waals surface area contributed by atoms with Crippen LogP contribution in [0.3, 0.4) is 0 Å². The number of halogens is 1. The van der Waals surface area contributed by atoms with E-state index in [4.69, 9.17) is 5.73 Å². The molecule has 0 radical (unpaired) electrons. The lowest BCUT2D eigenvalue weighted by Crippen LogP contribution is -2.40. The van der Waals surface area contributed by atoms with E-state index in [1.807, 2.05) is 12.1 Å². The smallest absolute Gasteiger partial charge is 0.128 e. The molecular weight excluding hydrogens is 215 g/mol. The average Bonchev–Trinajstić information content (AvgIpc) is 3.15. The molecular formula is C14H21FN2. The quantitative estimate of drug-likeness (QED) is 0.851. The van der Waals surface area contributed by atoms with Crippen molar-refractivity contribution in [3.8, 4) is 0 Å². The molecule has 2 atom stereocenters. The van der Waals surface area contributed by atoms with Gasteiger partial charge in [0.05, 0.1) is 6.04 Å². The van der Waals surface area contributed by atoms with Gasteiger partial charge in [-0.05, 0) is 32.4 Å². The predicted molar refractivity (Wildman–Crippen MR) is 68.2 cm³/mol. The van der Waals surface area contributed by atoms with Gasteiger partial charge in [-0.3, -0.25) is 4.90 Å². The first-order valence-electron chi connectivity index (χ1n) is 6.37. The molecule has 1 aliphatic rings. The monoisotopic (exact) mass is 236 g/mol. The molecule has 0 spiro atoms. The SMILES string of the molecule is CCC(N)C(c1ccccc1F)N(C)C1CC1. The van der Waals surface area contributed by atoms with Gasteiger partial charge < -0.3 is 5.73 Å². The Morgan fingerprint density at radius 1 is 1.41 bits per heavy atom. The number of likely N-dealkylation sites (N-methyl/N-ethyl adjacent to an activating group) is 1. The van der Waals surface area contributed by atoms with Crippen molar-refractivity contribution in [1.82, 2.24) is 4.90 Å². The fourth-order valence-electron chi connectivity index (χ4n) is 2.40. The molecule has 0 aromatic heterocycles. The summed E-state index contributed by atoms with van der Waals surface area (Å²) in [6.07, 6.45) is 3.27. The normalized spacial score (nSPS) is 19.4. The number of hydrogen-bond acceptors (Lipinski definition) is 2. The molecule has 1 aromatic carbocycles. The van der Waals surface area contributed by atoms with E-state index in [0.717, 1.165) is 12.0 Å². The van der Waals surface area contributed by atoms with Gasteiger partial charge in [0, 0.05) is 17.6 Å². The summed E-state index contributed by atoms with van der Waals surface area (Å²) in [5, 5.41) is 0. The van der Waals surface area contributed by atoms with E-state index >= 15 is 0 Å². The summed E-state index contributed by atoms with van der Waals surface area (Å²) in [5.74, 6) is -0.145. The van der Waals surface area contributed by atoms with Crippen LogP contribution >= 0.6 is 0 Å². The molecule has 2 rings (SSSR count). The second-order valence-electron chi connectivity index (χ2n) is 4.94. The van der Waals surface area contributed by atoms with Crippen molar-refractivity contribution < 1.29 is 4.39 Å². The minimum atomic E-state index is -0.145. The van der Waals surface area contributed by atoms with Crippen molar-refractivity contribution in [1.29, 1.82) is 0 Å². The maximum atomic E-state index is 13.9. The highest BCUT2D eigenvalue weighted by Gasteiger charge is 2.35. The van der Waals surface area contributed by atoms with Crippen LogP contribution in [0.2, 0.25) is 0 Å². The fourth-order valence-corrected chi connectivity index (χ4v) is 2.40. The number of nitrogens with two attached hydrogens (primary N) is 1. The summed E-state index contributed by atoms with van der Waals surface area (Å²) in [7, 11) is 2.06. The third kappa shape index (κ3) is 2.67. The summed E-state index contributed by atoms with van der Waals surface area (Å²) in [6, 6.07) is 7.54. The van der Waals surface area contributed by atoms with E-state index in [-0.39, 0.29) is 17.9 Å². The van der Waals surface area contributed by atoms with Gasteiger partial charge in [0.15, 0.2) is 0 Å². The molecule has 0 amide bonds. The van der Waals surface area contributed by atoms with Crippen molar-refractivity contribution in [2.45, 2.75) is 44.3 Å². The zero-order chi connectivity index (χ0) is 12.4. The molecule has 2 unspecified atom stereocenters. The summed E-state index contributed by atoms with van der Waals surface area (Å²) < 4.78 is 13.9. The number of nitrogens with zero attached hydrogens (tertiary/aromatic N) is 1. The molecule has 2 N–H and O–H groups in total. The summed E-state index contributed by atoms with van der Waals surface area (Å²) in [5.41, 5.74) is 6.91. The molecule has 1 aliphatic carbocycles. The number of benzene rings is 1. The Labute approximate surface area is 103 Å². The lowest BCUT2D eigenvalue weighted by molar-refractivity contribution is 0.196. The zero-order valence-electron chi connectivity index (χ0n) is 10.6. The van der Waals surface area contributed by atoms with E-state index < -0.39 is 0 Å². The van der Waals surface area contributed by atoms with E-state index in [2.05, 4.69) is 18.9 Å². The fraction of sp³-hybridized carbons (Fsp3) is 0.571. The molecule has 1 saturated carbocycles. The largest absolute Gasteiger partial charge is 0.326 e. The maximum absolute atomic E-state index is 13.9. The standard InChI is InChI=1S/C14H21FN2/c1-3-13(16)14(17(2)10-8-9-10)11-6-4-5-7-12(11)15/h4-7,10,13-14H,3,8-9,16H2,1-2H3. The molecule has 0 saturated heterocycles. The van der Waals surface area contributed by atoms with Gasteiger partial charge in [0.1, 0.15) is 5.82 Å². The molecule has 0 bridgehead atoms. The summed E-state index contributed by atoms with van der Waals surface area (Å²) in [6.45, 7) is 2.05. The van der Waals surface area contributed by atoms with Crippen molar-refractivity contribution in [2.75, 3.05) is 7.05 Å². The maximum Gasteiger partial charge on any atom is 0.128 e. The van der Waals surface area contributed by atoms with Gasteiger partial charge in [0.2, 0.25) is 0 Å². The first-order valence-corrected chi connectivity index (χ1v) is 6.37.